The Hall–Kier alpha value is -2.50. The fourth-order valence-electron chi connectivity index (χ4n) is 3.12. The highest BCUT2D eigenvalue weighted by atomic mass is 16.5. The van der Waals surface area contributed by atoms with Crippen LogP contribution < -0.4 is 9.47 Å². The zero-order chi connectivity index (χ0) is 19.4. The van der Waals surface area contributed by atoms with E-state index in [9.17, 15) is 4.79 Å². The molecule has 0 saturated heterocycles. The van der Waals surface area contributed by atoms with Crippen molar-refractivity contribution >= 4 is 5.91 Å². The van der Waals surface area contributed by atoms with Crippen molar-refractivity contribution in [3.05, 3.63) is 40.8 Å². The number of aryl methyl sites for hydroxylation is 2. The first-order valence-corrected chi connectivity index (χ1v) is 9.55. The van der Waals surface area contributed by atoms with Crippen LogP contribution in [0.2, 0.25) is 0 Å². The van der Waals surface area contributed by atoms with Gasteiger partial charge in [0.15, 0.2) is 11.5 Å². The second-order valence-corrected chi connectivity index (χ2v) is 7.15. The Morgan fingerprint density at radius 2 is 2.07 bits per heavy atom. The van der Waals surface area contributed by atoms with Crippen molar-refractivity contribution in [1.29, 1.82) is 0 Å². The molecule has 1 saturated carbocycles. The molecule has 27 heavy (non-hydrogen) atoms. The Morgan fingerprint density at radius 3 is 2.67 bits per heavy atom. The number of hydrogen-bond acceptors (Lipinski definition) is 5. The molecular weight excluding hydrogens is 344 g/mol. The van der Waals surface area contributed by atoms with Gasteiger partial charge in [0.25, 0.3) is 5.91 Å². The minimum atomic E-state index is 0.0549. The van der Waals surface area contributed by atoms with E-state index < -0.39 is 0 Å². The average Bonchev–Trinajstić information content (AvgIpc) is 3.43. The van der Waals surface area contributed by atoms with Crippen molar-refractivity contribution < 1.29 is 18.8 Å². The average molecular weight is 372 g/mol. The van der Waals surface area contributed by atoms with Crippen molar-refractivity contribution in [1.82, 2.24) is 10.1 Å². The van der Waals surface area contributed by atoms with Gasteiger partial charge in [-0.25, -0.2) is 0 Å². The van der Waals surface area contributed by atoms with Gasteiger partial charge in [-0.15, -0.1) is 0 Å². The predicted molar refractivity (Wildman–Crippen MR) is 102 cm³/mol. The maximum atomic E-state index is 12.9. The Balaban J connectivity index is 1.73. The van der Waals surface area contributed by atoms with E-state index in [1.54, 1.807) is 19.2 Å². The van der Waals surface area contributed by atoms with Crippen molar-refractivity contribution in [2.24, 2.45) is 5.92 Å². The van der Waals surface area contributed by atoms with E-state index in [4.69, 9.17) is 14.0 Å². The third-order valence-corrected chi connectivity index (χ3v) is 4.92. The van der Waals surface area contributed by atoms with Crippen molar-refractivity contribution in [2.75, 3.05) is 20.2 Å². The van der Waals surface area contributed by atoms with Crippen LogP contribution in [0.1, 0.15) is 53.6 Å². The Morgan fingerprint density at radius 1 is 1.30 bits per heavy atom. The highest BCUT2D eigenvalue weighted by molar-refractivity contribution is 5.95. The van der Waals surface area contributed by atoms with Gasteiger partial charge in [0.1, 0.15) is 12.4 Å². The molecule has 0 aliphatic heterocycles. The molecule has 1 heterocycles. The maximum absolute atomic E-state index is 12.9. The van der Waals surface area contributed by atoms with Crippen LogP contribution in [0.3, 0.4) is 0 Å². The first kappa shape index (κ1) is 19.3. The van der Waals surface area contributed by atoms with Crippen molar-refractivity contribution in [3.63, 3.8) is 0 Å². The quantitative estimate of drug-likeness (QED) is 0.662. The summed E-state index contributed by atoms with van der Waals surface area (Å²) in [7, 11) is 1.58. The zero-order valence-corrected chi connectivity index (χ0v) is 16.6. The lowest BCUT2D eigenvalue weighted by Crippen LogP contribution is -2.33. The van der Waals surface area contributed by atoms with Gasteiger partial charge in [-0.05, 0) is 57.2 Å². The van der Waals surface area contributed by atoms with Crippen LogP contribution in [0.5, 0.6) is 11.5 Å². The maximum Gasteiger partial charge on any atom is 0.254 e. The molecule has 0 radical (unpaired) electrons. The first-order chi connectivity index (χ1) is 13.0. The largest absolute Gasteiger partial charge is 0.493 e. The summed E-state index contributed by atoms with van der Waals surface area (Å²) in [6, 6.07) is 5.37. The van der Waals surface area contributed by atoms with E-state index in [0.29, 0.717) is 29.6 Å². The molecule has 6 nitrogen and oxygen atoms in total. The van der Waals surface area contributed by atoms with Crippen molar-refractivity contribution in [2.45, 2.75) is 46.6 Å². The fourth-order valence-corrected chi connectivity index (χ4v) is 3.12. The number of hydrogen-bond donors (Lipinski definition) is 0. The number of benzene rings is 1. The van der Waals surface area contributed by atoms with Gasteiger partial charge in [-0.3, -0.25) is 4.79 Å². The lowest BCUT2D eigenvalue weighted by Gasteiger charge is -2.22. The fraction of sp³-hybridized carbons (Fsp3) is 0.524. The number of carbonyl (C=O) groups is 1. The molecule has 0 unspecified atom stereocenters. The van der Waals surface area contributed by atoms with Gasteiger partial charge in [0.05, 0.1) is 18.4 Å². The normalized spacial score (nSPS) is 13.5. The number of amides is 1. The molecule has 1 aliphatic rings. The van der Waals surface area contributed by atoms with Crippen LogP contribution in [-0.4, -0.2) is 36.2 Å². The number of aromatic nitrogens is 1. The summed E-state index contributed by atoms with van der Waals surface area (Å²) >= 11 is 0. The summed E-state index contributed by atoms with van der Waals surface area (Å²) in [4.78, 5) is 14.9. The van der Waals surface area contributed by atoms with E-state index >= 15 is 0 Å². The van der Waals surface area contributed by atoms with E-state index in [-0.39, 0.29) is 5.91 Å². The molecule has 3 rings (SSSR count). The van der Waals surface area contributed by atoms with Gasteiger partial charge in [0, 0.05) is 18.7 Å². The number of methoxy groups -OCH3 is 1. The topological polar surface area (TPSA) is 64.8 Å². The van der Waals surface area contributed by atoms with Crippen LogP contribution in [0, 0.1) is 19.8 Å². The molecule has 1 aliphatic carbocycles. The molecule has 2 aromatic rings. The minimum Gasteiger partial charge on any atom is -0.493 e. The molecule has 0 bridgehead atoms. The summed E-state index contributed by atoms with van der Waals surface area (Å²) in [5.41, 5.74) is 2.37. The van der Waals surface area contributed by atoms with Gasteiger partial charge < -0.3 is 18.9 Å². The van der Waals surface area contributed by atoms with Gasteiger partial charge in [-0.1, -0.05) is 12.1 Å². The smallest absolute Gasteiger partial charge is 0.254 e. The molecule has 146 valence electrons. The van der Waals surface area contributed by atoms with E-state index in [1.165, 1.54) is 12.8 Å². The minimum absolute atomic E-state index is 0.0549. The SMILES string of the molecule is CCCN(CC1CC1)C(=O)c1ccc(OCc2c(C)noc2C)c(OC)c1. The number of rotatable bonds is 9. The van der Waals surface area contributed by atoms with Crippen LogP contribution in [-0.2, 0) is 6.61 Å². The third kappa shape index (κ3) is 4.62. The standard InChI is InChI=1S/C21H28N2O4/c1-5-10-23(12-16-6-7-16)21(24)17-8-9-19(20(11-17)25-4)26-13-18-14(2)22-27-15(18)3/h8-9,11,16H,5-7,10,12-13H2,1-4H3. The molecule has 0 N–H and O–H groups in total. The molecule has 6 heteroatoms. The summed E-state index contributed by atoms with van der Waals surface area (Å²) in [6.07, 6.45) is 3.41. The predicted octanol–water partition coefficient (Wildman–Crippen LogP) is 4.14. The Labute approximate surface area is 160 Å². The number of nitrogens with zero attached hydrogens (tertiary/aromatic N) is 2. The zero-order valence-electron chi connectivity index (χ0n) is 16.6. The molecule has 1 aromatic heterocycles. The highest BCUT2D eigenvalue weighted by Gasteiger charge is 2.27. The van der Waals surface area contributed by atoms with Crippen LogP contribution in [0.25, 0.3) is 0 Å². The lowest BCUT2D eigenvalue weighted by molar-refractivity contribution is 0.0747. The molecule has 1 amide bonds. The summed E-state index contributed by atoms with van der Waals surface area (Å²) in [5.74, 6) is 2.61. The number of carbonyl (C=O) groups excluding carboxylic acids is 1. The van der Waals surface area contributed by atoms with Gasteiger partial charge in [0.2, 0.25) is 0 Å². The van der Waals surface area contributed by atoms with E-state index in [2.05, 4.69) is 12.1 Å². The summed E-state index contributed by atoms with van der Waals surface area (Å²) in [5, 5.41) is 3.94. The van der Waals surface area contributed by atoms with E-state index in [1.807, 2.05) is 24.8 Å². The van der Waals surface area contributed by atoms with Crippen LogP contribution in [0.4, 0.5) is 0 Å². The highest BCUT2D eigenvalue weighted by Crippen LogP contribution is 2.32. The second kappa shape index (κ2) is 8.46. The van der Waals surface area contributed by atoms with E-state index in [0.717, 1.165) is 36.5 Å². The Kier molecular flexibility index (Phi) is 6.04. The molecular formula is C21H28N2O4. The number of ether oxygens (including phenoxy) is 2. The Bertz CT molecular complexity index is 776. The first-order valence-electron chi connectivity index (χ1n) is 9.55. The summed E-state index contributed by atoms with van der Waals surface area (Å²) < 4.78 is 16.5. The lowest BCUT2D eigenvalue weighted by atomic mass is 10.1. The van der Waals surface area contributed by atoms with Gasteiger partial charge in [-0.2, -0.15) is 0 Å². The summed E-state index contributed by atoms with van der Waals surface area (Å²) in [6.45, 7) is 7.81. The molecule has 1 fully saturated rings. The molecule has 0 spiro atoms. The van der Waals surface area contributed by atoms with Gasteiger partial charge >= 0.3 is 0 Å². The van der Waals surface area contributed by atoms with Crippen LogP contribution in [0.15, 0.2) is 22.7 Å². The molecule has 1 aromatic carbocycles. The van der Waals surface area contributed by atoms with Crippen LogP contribution >= 0.6 is 0 Å². The third-order valence-electron chi connectivity index (χ3n) is 4.92. The molecule has 0 atom stereocenters. The second-order valence-electron chi connectivity index (χ2n) is 7.15. The van der Waals surface area contributed by atoms with Crippen molar-refractivity contribution in [3.8, 4) is 11.5 Å². The monoisotopic (exact) mass is 372 g/mol.